The molecule has 1 amide bonds. The highest BCUT2D eigenvalue weighted by Gasteiger charge is 2.27. The lowest BCUT2D eigenvalue weighted by molar-refractivity contribution is 0.0657. The number of ether oxygens (including phenoxy) is 1. The molecule has 1 aliphatic rings. The highest BCUT2D eigenvalue weighted by molar-refractivity contribution is 5.96. The topological polar surface area (TPSA) is 68.5 Å². The SMILES string of the molecule is COc1cnccc1C(=O)N1CC(C)CC(N)C1. The van der Waals surface area contributed by atoms with E-state index in [1.807, 2.05) is 0 Å². The van der Waals surface area contributed by atoms with Gasteiger partial charge in [0, 0.05) is 25.3 Å². The number of hydrogen-bond donors (Lipinski definition) is 1. The fourth-order valence-electron chi connectivity index (χ4n) is 2.46. The number of pyridine rings is 1. The van der Waals surface area contributed by atoms with E-state index in [1.54, 1.807) is 30.5 Å². The highest BCUT2D eigenvalue weighted by atomic mass is 16.5. The summed E-state index contributed by atoms with van der Waals surface area (Å²) in [5, 5.41) is 0. The molecule has 2 rings (SSSR count). The second kappa shape index (κ2) is 5.35. The van der Waals surface area contributed by atoms with Crippen molar-refractivity contribution in [2.24, 2.45) is 11.7 Å². The Kier molecular flexibility index (Phi) is 3.81. The van der Waals surface area contributed by atoms with E-state index in [2.05, 4.69) is 11.9 Å². The van der Waals surface area contributed by atoms with Crippen LogP contribution in [0.4, 0.5) is 0 Å². The van der Waals surface area contributed by atoms with Crippen LogP contribution in [0.2, 0.25) is 0 Å². The molecule has 0 aliphatic carbocycles. The van der Waals surface area contributed by atoms with Gasteiger partial charge in [0.05, 0.1) is 18.9 Å². The number of hydrogen-bond acceptors (Lipinski definition) is 4. The Morgan fingerprint density at radius 1 is 1.56 bits per heavy atom. The van der Waals surface area contributed by atoms with Crippen molar-refractivity contribution in [1.29, 1.82) is 0 Å². The quantitative estimate of drug-likeness (QED) is 0.845. The first kappa shape index (κ1) is 12.8. The summed E-state index contributed by atoms with van der Waals surface area (Å²) >= 11 is 0. The summed E-state index contributed by atoms with van der Waals surface area (Å²) in [6.07, 6.45) is 4.13. The maximum atomic E-state index is 12.4. The Bertz CT molecular complexity index is 426. The lowest BCUT2D eigenvalue weighted by atomic mass is 9.96. The largest absolute Gasteiger partial charge is 0.494 e. The van der Waals surface area contributed by atoms with Crippen LogP contribution in [0.15, 0.2) is 18.5 Å². The molecule has 2 unspecified atom stereocenters. The molecule has 5 heteroatoms. The molecule has 2 atom stereocenters. The third-order valence-electron chi connectivity index (χ3n) is 3.21. The van der Waals surface area contributed by atoms with Gasteiger partial charge < -0.3 is 15.4 Å². The zero-order valence-corrected chi connectivity index (χ0v) is 10.8. The predicted molar refractivity (Wildman–Crippen MR) is 68.4 cm³/mol. The van der Waals surface area contributed by atoms with E-state index in [9.17, 15) is 4.79 Å². The zero-order chi connectivity index (χ0) is 13.1. The summed E-state index contributed by atoms with van der Waals surface area (Å²) in [7, 11) is 1.54. The van der Waals surface area contributed by atoms with Crippen molar-refractivity contribution in [1.82, 2.24) is 9.88 Å². The van der Waals surface area contributed by atoms with Crippen molar-refractivity contribution in [2.45, 2.75) is 19.4 Å². The molecule has 2 heterocycles. The molecular weight excluding hydrogens is 230 g/mol. The maximum absolute atomic E-state index is 12.4. The van der Waals surface area contributed by atoms with Crippen molar-refractivity contribution in [3.8, 4) is 5.75 Å². The van der Waals surface area contributed by atoms with E-state index in [0.29, 0.717) is 23.8 Å². The number of aromatic nitrogens is 1. The number of amides is 1. The van der Waals surface area contributed by atoms with Gasteiger partial charge in [-0.25, -0.2) is 0 Å². The van der Waals surface area contributed by atoms with Crippen LogP contribution in [-0.2, 0) is 0 Å². The van der Waals surface area contributed by atoms with Crippen LogP contribution < -0.4 is 10.5 Å². The number of carbonyl (C=O) groups is 1. The molecule has 0 spiro atoms. The van der Waals surface area contributed by atoms with Gasteiger partial charge in [-0.05, 0) is 18.4 Å². The van der Waals surface area contributed by atoms with Gasteiger partial charge in [0.1, 0.15) is 5.75 Å². The molecule has 5 nitrogen and oxygen atoms in total. The van der Waals surface area contributed by atoms with Crippen LogP contribution >= 0.6 is 0 Å². The van der Waals surface area contributed by atoms with Crippen molar-refractivity contribution < 1.29 is 9.53 Å². The molecule has 2 N–H and O–H groups in total. The molecule has 18 heavy (non-hydrogen) atoms. The molecule has 0 radical (unpaired) electrons. The second-order valence-electron chi connectivity index (χ2n) is 4.89. The van der Waals surface area contributed by atoms with E-state index in [-0.39, 0.29) is 11.9 Å². The fourth-order valence-corrected chi connectivity index (χ4v) is 2.46. The van der Waals surface area contributed by atoms with Crippen molar-refractivity contribution >= 4 is 5.91 Å². The molecule has 0 saturated carbocycles. The van der Waals surface area contributed by atoms with E-state index >= 15 is 0 Å². The second-order valence-corrected chi connectivity index (χ2v) is 4.89. The molecule has 1 aliphatic heterocycles. The number of nitrogens with two attached hydrogens (primary N) is 1. The third kappa shape index (κ3) is 2.61. The lowest BCUT2D eigenvalue weighted by Gasteiger charge is -2.35. The molecule has 98 valence electrons. The normalized spacial score (nSPS) is 23.8. The maximum Gasteiger partial charge on any atom is 0.257 e. The summed E-state index contributed by atoms with van der Waals surface area (Å²) in [4.78, 5) is 18.2. The molecular formula is C13H19N3O2. The Morgan fingerprint density at radius 2 is 2.33 bits per heavy atom. The summed E-state index contributed by atoms with van der Waals surface area (Å²) in [6.45, 7) is 3.47. The van der Waals surface area contributed by atoms with Crippen LogP contribution in [0.1, 0.15) is 23.7 Å². The van der Waals surface area contributed by atoms with Crippen LogP contribution in [0, 0.1) is 5.92 Å². The average Bonchev–Trinajstić information content (AvgIpc) is 2.36. The summed E-state index contributed by atoms with van der Waals surface area (Å²) in [5.74, 6) is 0.913. The number of rotatable bonds is 2. The Morgan fingerprint density at radius 3 is 3.00 bits per heavy atom. The summed E-state index contributed by atoms with van der Waals surface area (Å²) in [5.41, 5.74) is 6.51. The van der Waals surface area contributed by atoms with Gasteiger partial charge in [0.15, 0.2) is 0 Å². The monoisotopic (exact) mass is 249 g/mol. The molecule has 1 aromatic heterocycles. The minimum atomic E-state index is -0.0312. The number of likely N-dealkylation sites (tertiary alicyclic amines) is 1. The number of nitrogens with zero attached hydrogens (tertiary/aromatic N) is 2. The number of piperidine rings is 1. The van der Waals surface area contributed by atoms with Crippen LogP contribution in [0.3, 0.4) is 0 Å². The summed E-state index contributed by atoms with van der Waals surface area (Å²) in [6, 6.07) is 1.75. The van der Waals surface area contributed by atoms with E-state index < -0.39 is 0 Å². The third-order valence-corrected chi connectivity index (χ3v) is 3.21. The fraction of sp³-hybridized carbons (Fsp3) is 0.538. The Balaban J connectivity index is 2.20. The van der Waals surface area contributed by atoms with Crippen molar-refractivity contribution in [3.63, 3.8) is 0 Å². The van der Waals surface area contributed by atoms with Gasteiger partial charge in [0.2, 0.25) is 0 Å². The summed E-state index contributed by atoms with van der Waals surface area (Å²) < 4.78 is 5.17. The predicted octanol–water partition coefficient (Wildman–Crippen LogP) is 0.900. The van der Waals surface area contributed by atoms with Crippen LogP contribution in [0.5, 0.6) is 5.75 Å². The Labute approximate surface area is 107 Å². The highest BCUT2D eigenvalue weighted by Crippen LogP contribution is 2.22. The van der Waals surface area contributed by atoms with Gasteiger partial charge >= 0.3 is 0 Å². The molecule has 1 saturated heterocycles. The molecule has 1 fully saturated rings. The first-order chi connectivity index (χ1) is 8.61. The molecule has 0 aromatic carbocycles. The number of carbonyl (C=O) groups excluding carboxylic acids is 1. The first-order valence-corrected chi connectivity index (χ1v) is 6.14. The first-order valence-electron chi connectivity index (χ1n) is 6.14. The number of methoxy groups -OCH3 is 1. The van der Waals surface area contributed by atoms with Crippen LogP contribution in [-0.4, -0.2) is 42.0 Å². The molecule has 0 bridgehead atoms. The minimum absolute atomic E-state index is 0.0312. The van der Waals surface area contributed by atoms with E-state index in [4.69, 9.17) is 10.5 Å². The van der Waals surface area contributed by atoms with Gasteiger partial charge in [-0.2, -0.15) is 0 Å². The van der Waals surface area contributed by atoms with E-state index in [0.717, 1.165) is 13.0 Å². The zero-order valence-electron chi connectivity index (χ0n) is 10.8. The standard InChI is InChI=1S/C13H19N3O2/c1-9-5-10(14)8-16(7-9)13(17)11-3-4-15-6-12(11)18-2/h3-4,6,9-10H,5,7-8,14H2,1-2H3. The van der Waals surface area contributed by atoms with Crippen LogP contribution in [0.25, 0.3) is 0 Å². The van der Waals surface area contributed by atoms with Crippen molar-refractivity contribution in [3.05, 3.63) is 24.0 Å². The van der Waals surface area contributed by atoms with Gasteiger partial charge in [0.25, 0.3) is 5.91 Å². The van der Waals surface area contributed by atoms with Gasteiger partial charge in [-0.1, -0.05) is 6.92 Å². The Hall–Kier alpha value is -1.62. The van der Waals surface area contributed by atoms with Crippen molar-refractivity contribution in [2.75, 3.05) is 20.2 Å². The average molecular weight is 249 g/mol. The van der Waals surface area contributed by atoms with Gasteiger partial charge in [-0.15, -0.1) is 0 Å². The van der Waals surface area contributed by atoms with E-state index in [1.165, 1.54) is 0 Å². The van der Waals surface area contributed by atoms with Gasteiger partial charge in [-0.3, -0.25) is 9.78 Å². The lowest BCUT2D eigenvalue weighted by Crippen LogP contribution is -2.48. The smallest absolute Gasteiger partial charge is 0.257 e. The minimum Gasteiger partial charge on any atom is -0.494 e. The molecule has 1 aromatic rings.